The zero-order valence-electron chi connectivity index (χ0n) is 8.16. The van der Waals surface area contributed by atoms with E-state index in [4.69, 9.17) is 4.74 Å². The maximum Gasteiger partial charge on any atom is 0.409 e. The monoisotopic (exact) mass is 185 g/mol. The van der Waals surface area contributed by atoms with Crippen molar-refractivity contribution >= 4 is 6.09 Å². The van der Waals surface area contributed by atoms with Crippen molar-refractivity contribution in [1.82, 2.24) is 10.2 Å². The molecule has 0 saturated carbocycles. The lowest BCUT2D eigenvalue weighted by molar-refractivity contribution is 0.0962. The molecule has 1 aliphatic heterocycles. The van der Waals surface area contributed by atoms with Crippen molar-refractivity contribution in [3.8, 4) is 0 Å². The highest BCUT2D eigenvalue weighted by molar-refractivity contribution is 5.67. The summed E-state index contributed by atoms with van der Waals surface area (Å²) in [6.45, 7) is 5.55. The van der Waals surface area contributed by atoms with Crippen LogP contribution in [0.15, 0.2) is 0 Å². The summed E-state index contributed by atoms with van der Waals surface area (Å²) < 4.78 is 5.07. The van der Waals surface area contributed by atoms with Crippen LogP contribution in [0.5, 0.6) is 0 Å². The molecule has 0 aromatic carbocycles. The molecule has 0 aromatic heterocycles. The van der Waals surface area contributed by atoms with Crippen LogP contribution in [-0.2, 0) is 4.74 Å². The van der Waals surface area contributed by atoms with Crippen LogP contribution >= 0.6 is 0 Å². The zero-order valence-corrected chi connectivity index (χ0v) is 8.16. The van der Waals surface area contributed by atoms with E-state index in [0.717, 1.165) is 25.9 Å². The SMILES string of the molecule is CCCCOC(=O)N1CC[N]CC1. The molecule has 1 saturated heterocycles. The van der Waals surface area contributed by atoms with Gasteiger partial charge >= 0.3 is 6.09 Å². The van der Waals surface area contributed by atoms with Gasteiger partial charge in [0.25, 0.3) is 0 Å². The third-order valence-electron chi connectivity index (χ3n) is 2.04. The first-order chi connectivity index (χ1) is 6.34. The van der Waals surface area contributed by atoms with E-state index in [1.807, 2.05) is 0 Å². The average Bonchev–Trinajstić information content (AvgIpc) is 2.19. The topological polar surface area (TPSA) is 43.6 Å². The molecular weight excluding hydrogens is 168 g/mol. The summed E-state index contributed by atoms with van der Waals surface area (Å²) >= 11 is 0. The summed E-state index contributed by atoms with van der Waals surface area (Å²) in [5, 5.41) is 4.16. The summed E-state index contributed by atoms with van der Waals surface area (Å²) in [6.07, 6.45) is 1.83. The Labute approximate surface area is 79.2 Å². The van der Waals surface area contributed by atoms with E-state index in [2.05, 4.69) is 12.2 Å². The fourth-order valence-electron chi connectivity index (χ4n) is 1.18. The molecule has 13 heavy (non-hydrogen) atoms. The number of unbranched alkanes of at least 4 members (excludes halogenated alkanes) is 1. The van der Waals surface area contributed by atoms with Gasteiger partial charge < -0.3 is 9.64 Å². The molecule has 1 rings (SSSR count). The second kappa shape index (κ2) is 5.80. The molecule has 4 nitrogen and oxygen atoms in total. The summed E-state index contributed by atoms with van der Waals surface area (Å²) in [5.41, 5.74) is 0. The normalized spacial score (nSPS) is 17.2. The number of piperazine rings is 1. The number of hydrogen-bond donors (Lipinski definition) is 0. The van der Waals surface area contributed by atoms with Crippen molar-refractivity contribution in [2.24, 2.45) is 0 Å². The predicted molar refractivity (Wildman–Crippen MR) is 49.7 cm³/mol. The molecule has 0 aromatic rings. The number of rotatable bonds is 3. The zero-order chi connectivity index (χ0) is 9.52. The Kier molecular flexibility index (Phi) is 4.60. The minimum Gasteiger partial charge on any atom is -0.449 e. The molecule has 0 bridgehead atoms. The van der Waals surface area contributed by atoms with E-state index < -0.39 is 0 Å². The standard InChI is InChI=1S/C9H17N2O2/c1-2-3-8-13-9(12)11-6-4-10-5-7-11/h2-8H2,1H3. The molecule has 1 amide bonds. The highest BCUT2D eigenvalue weighted by atomic mass is 16.6. The van der Waals surface area contributed by atoms with Crippen molar-refractivity contribution in [3.05, 3.63) is 0 Å². The number of carbonyl (C=O) groups is 1. The molecule has 0 N–H and O–H groups in total. The third-order valence-corrected chi connectivity index (χ3v) is 2.04. The van der Waals surface area contributed by atoms with Gasteiger partial charge in [-0.25, -0.2) is 10.1 Å². The van der Waals surface area contributed by atoms with Gasteiger partial charge in [0.15, 0.2) is 0 Å². The van der Waals surface area contributed by atoms with E-state index in [0.29, 0.717) is 19.7 Å². The number of carbonyl (C=O) groups excluding carboxylic acids is 1. The van der Waals surface area contributed by atoms with Gasteiger partial charge in [0.05, 0.1) is 6.61 Å². The molecule has 4 heteroatoms. The molecule has 0 unspecified atom stereocenters. The van der Waals surface area contributed by atoms with Gasteiger partial charge in [-0.2, -0.15) is 0 Å². The van der Waals surface area contributed by atoms with Crippen LogP contribution < -0.4 is 5.32 Å². The maximum absolute atomic E-state index is 11.3. The van der Waals surface area contributed by atoms with Crippen LogP contribution in [0, 0.1) is 0 Å². The van der Waals surface area contributed by atoms with Crippen molar-refractivity contribution < 1.29 is 9.53 Å². The Morgan fingerprint density at radius 1 is 1.46 bits per heavy atom. The highest BCUT2D eigenvalue weighted by Gasteiger charge is 2.17. The Balaban J connectivity index is 2.13. The van der Waals surface area contributed by atoms with Gasteiger partial charge in [0.2, 0.25) is 0 Å². The van der Waals surface area contributed by atoms with Crippen LogP contribution in [0.3, 0.4) is 0 Å². The lowest BCUT2D eigenvalue weighted by atomic mass is 10.4. The molecular formula is C9H17N2O2. The van der Waals surface area contributed by atoms with Crippen LogP contribution in [0.1, 0.15) is 19.8 Å². The summed E-state index contributed by atoms with van der Waals surface area (Å²) in [5.74, 6) is 0. The van der Waals surface area contributed by atoms with E-state index in [-0.39, 0.29) is 6.09 Å². The predicted octanol–water partition coefficient (Wildman–Crippen LogP) is 0.843. The first-order valence-corrected chi connectivity index (χ1v) is 4.89. The van der Waals surface area contributed by atoms with Crippen LogP contribution in [0.2, 0.25) is 0 Å². The van der Waals surface area contributed by atoms with Crippen LogP contribution in [0.4, 0.5) is 4.79 Å². The lowest BCUT2D eigenvalue weighted by Crippen LogP contribution is -2.44. The average molecular weight is 185 g/mol. The van der Waals surface area contributed by atoms with Gasteiger partial charge in [0.1, 0.15) is 0 Å². The fourth-order valence-corrected chi connectivity index (χ4v) is 1.18. The first-order valence-electron chi connectivity index (χ1n) is 4.89. The molecule has 0 spiro atoms. The van der Waals surface area contributed by atoms with E-state index in [9.17, 15) is 4.79 Å². The molecule has 0 aliphatic carbocycles. The minimum absolute atomic E-state index is 0.177. The first kappa shape index (κ1) is 10.3. The van der Waals surface area contributed by atoms with Gasteiger partial charge in [0, 0.05) is 26.2 Å². The second-order valence-electron chi connectivity index (χ2n) is 3.13. The Morgan fingerprint density at radius 2 is 2.15 bits per heavy atom. The number of amides is 1. The smallest absolute Gasteiger partial charge is 0.409 e. The number of ether oxygens (including phenoxy) is 1. The molecule has 1 heterocycles. The van der Waals surface area contributed by atoms with Crippen molar-refractivity contribution in [3.63, 3.8) is 0 Å². The molecule has 0 atom stereocenters. The van der Waals surface area contributed by atoms with E-state index >= 15 is 0 Å². The van der Waals surface area contributed by atoms with Crippen LogP contribution in [-0.4, -0.2) is 43.8 Å². The molecule has 75 valence electrons. The van der Waals surface area contributed by atoms with Gasteiger partial charge in [-0.1, -0.05) is 13.3 Å². The van der Waals surface area contributed by atoms with E-state index in [1.165, 1.54) is 0 Å². The second-order valence-corrected chi connectivity index (χ2v) is 3.13. The Bertz CT molecular complexity index is 156. The van der Waals surface area contributed by atoms with Crippen LogP contribution in [0.25, 0.3) is 0 Å². The Morgan fingerprint density at radius 3 is 2.77 bits per heavy atom. The number of hydrogen-bond acceptors (Lipinski definition) is 2. The summed E-state index contributed by atoms with van der Waals surface area (Å²) in [6, 6.07) is 0. The van der Waals surface area contributed by atoms with Gasteiger partial charge in [-0.05, 0) is 6.42 Å². The summed E-state index contributed by atoms with van der Waals surface area (Å²) in [4.78, 5) is 13.1. The van der Waals surface area contributed by atoms with Gasteiger partial charge in [-0.15, -0.1) is 0 Å². The van der Waals surface area contributed by atoms with E-state index in [1.54, 1.807) is 4.90 Å². The Hall–Kier alpha value is -0.770. The highest BCUT2D eigenvalue weighted by Crippen LogP contribution is 1.98. The quantitative estimate of drug-likeness (QED) is 0.612. The molecule has 1 radical (unpaired) electrons. The maximum atomic E-state index is 11.3. The number of nitrogens with zero attached hydrogens (tertiary/aromatic N) is 2. The summed E-state index contributed by atoms with van der Waals surface area (Å²) in [7, 11) is 0. The fraction of sp³-hybridized carbons (Fsp3) is 0.889. The van der Waals surface area contributed by atoms with Gasteiger partial charge in [-0.3, -0.25) is 0 Å². The largest absolute Gasteiger partial charge is 0.449 e. The lowest BCUT2D eigenvalue weighted by Gasteiger charge is -2.25. The van der Waals surface area contributed by atoms with Crippen molar-refractivity contribution in [2.75, 3.05) is 32.8 Å². The molecule has 1 aliphatic rings. The third kappa shape index (κ3) is 3.63. The minimum atomic E-state index is -0.177. The van der Waals surface area contributed by atoms with Crippen molar-refractivity contribution in [2.45, 2.75) is 19.8 Å². The van der Waals surface area contributed by atoms with Crippen molar-refractivity contribution in [1.29, 1.82) is 0 Å². The molecule has 1 fully saturated rings.